The van der Waals surface area contributed by atoms with E-state index in [1.54, 1.807) is 30.1 Å². The number of nitrogens with two attached hydrogens (primary N) is 1. The molecule has 18 heavy (non-hydrogen) atoms. The standard InChI is InChI=1S/C12H16N4O2/c1-3-16(2)10(17)7-14-12-15-11-8(13)5-4-6-9(11)18-12/h4-6H,3,7,13H2,1-2H3,(H,14,15). The van der Waals surface area contributed by atoms with E-state index >= 15 is 0 Å². The molecule has 3 N–H and O–H groups in total. The molecule has 0 saturated heterocycles. The van der Waals surface area contributed by atoms with Gasteiger partial charge in [-0.1, -0.05) is 6.07 Å². The van der Waals surface area contributed by atoms with E-state index in [0.29, 0.717) is 29.3 Å². The van der Waals surface area contributed by atoms with Crippen molar-refractivity contribution in [2.45, 2.75) is 6.92 Å². The highest BCUT2D eigenvalue weighted by molar-refractivity contribution is 5.87. The van der Waals surface area contributed by atoms with Gasteiger partial charge < -0.3 is 20.4 Å². The third kappa shape index (κ3) is 2.37. The number of amides is 1. The quantitative estimate of drug-likeness (QED) is 0.797. The van der Waals surface area contributed by atoms with Gasteiger partial charge in [0.25, 0.3) is 6.01 Å². The van der Waals surface area contributed by atoms with Gasteiger partial charge in [0, 0.05) is 13.6 Å². The zero-order valence-corrected chi connectivity index (χ0v) is 10.4. The average Bonchev–Trinajstić information content (AvgIpc) is 2.79. The summed E-state index contributed by atoms with van der Waals surface area (Å²) >= 11 is 0. The lowest BCUT2D eigenvalue weighted by molar-refractivity contribution is -0.127. The fraction of sp³-hybridized carbons (Fsp3) is 0.333. The Morgan fingerprint density at radius 2 is 2.33 bits per heavy atom. The number of nitrogen functional groups attached to an aromatic ring is 1. The normalized spacial score (nSPS) is 10.6. The van der Waals surface area contributed by atoms with Crippen molar-refractivity contribution in [1.82, 2.24) is 9.88 Å². The number of oxazole rings is 1. The molecule has 0 aliphatic carbocycles. The number of rotatable bonds is 4. The number of aromatic nitrogens is 1. The van der Waals surface area contributed by atoms with Gasteiger partial charge in [0.2, 0.25) is 5.91 Å². The van der Waals surface area contributed by atoms with Gasteiger partial charge in [-0.2, -0.15) is 4.98 Å². The van der Waals surface area contributed by atoms with E-state index in [2.05, 4.69) is 10.3 Å². The first-order valence-electron chi connectivity index (χ1n) is 5.74. The number of fused-ring (bicyclic) bond motifs is 1. The molecule has 0 aliphatic rings. The monoisotopic (exact) mass is 248 g/mol. The molecular formula is C12H16N4O2. The van der Waals surface area contributed by atoms with Gasteiger partial charge in [0.15, 0.2) is 5.58 Å². The van der Waals surface area contributed by atoms with Crippen molar-refractivity contribution in [3.05, 3.63) is 18.2 Å². The van der Waals surface area contributed by atoms with Gasteiger partial charge in [-0.3, -0.25) is 4.79 Å². The van der Waals surface area contributed by atoms with Crippen LogP contribution in [0.25, 0.3) is 11.1 Å². The molecule has 1 heterocycles. The Balaban J connectivity index is 2.09. The van der Waals surface area contributed by atoms with Gasteiger partial charge in [0.05, 0.1) is 12.2 Å². The molecule has 6 nitrogen and oxygen atoms in total. The molecule has 2 rings (SSSR count). The molecule has 0 fully saturated rings. The van der Waals surface area contributed by atoms with Gasteiger partial charge in [-0.15, -0.1) is 0 Å². The third-order valence-corrected chi connectivity index (χ3v) is 2.74. The highest BCUT2D eigenvalue weighted by Crippen LogP contribution is 2.23. The molecule has 0 atom stereocenters. The van der Waals surface area contributed by atoms with E-state index in [0.717, 1.165) is 0 Å². The second-order valence-corrected chi connectivity index (χ2v) is 3.97. The third-order valence-electron chi connectivity index (χ3n) is 2.74. The Kier molecular flexibility index (Phi) is 3.36. The Morgan fingerprint density at radius 3 is 3.00 bits per heavy atom. The van der Waals surface area contributed by atoms with Crippen LogP contribution in [0, 0.1) is 0 Å². The number of carbonyl (C=O) groups excluding carboxylic acids is 1. The van der Waals surface area contributed by atoms with Crippen LogP contribution >= 0.6 is 0 Å². The fourth-order valence-electron chi connectivity index (χ4n) is 1.51. The predicted octanol–water partition coefficient (Wildman–Crippen LogP) is 1.30. The van der Waals surface area contributed by atoms with Crippen LogP contribution in [0.4, 0.5) is 11.7 Å². The Morgan fingerprint density at radius 1 is 1.56 bits per heavy atom. The van der Waals surface area contributed by atoms with Crippen LogP contribution in [0.3, 0.4) is 0 Å². The smallest absolute Gasteiger partial charge is 0.296 e. The first-order chi connectivity index (χ1) is 8.61. The number of hydrogen-bond donors (Lipinski definition) is 2. The van der Waals surface area contributed by atoms with E-state index in [1.165, 1.54) is 0 Å². The lowest BCUT2D eigenvalue weighted by Crippen LogP contribution is -2.31. The highest BCUT2D eigenvalue weighted by Gasteiger charge is 2.10. The Bertz CT molecular complexity index is 564. The summed E-state index contributed by atoms with van der Waals surface area (Å²) in [6.07, 6.45) is 0. The second-order valence-electron chi connectivity index (χ2n) is 3.97. The van der Waals surface area contributed by atoms with Gasteiger partial charge in [0.1, 0.15) is 5.52 Å². The maximum atomic E-state index is 11.6. The first-order valence-corrected chi connectivity index (χ1v) is 5.74. The van der Waals surface area contributed by atoms with E-state index in [-0.39, 0.29) is 12.5 Å². The lowest BCUT2D eigenvalue weighted by atomic mass is 10.3. The van der Waals surface area contributed by atoms with Crippen molar-refractivity contribution in [3.63, 3.8) is 0 Å². The first kappa shape index (κ1) is 12.2. The Hall–Kier alpha value is -2.24. The maximum absolute atomic E-state index is 11.6. The minimum Gasteiger partial charge on any atom is -0.423 e. The van der Waals surface area contributed by atoms with Crippen LogP contribution in [-0.4, -0.2) is 35.9 Å². The zero-order chi connectivity index (χ0) is 13.1. The number of nitrogens with one attached hydrogen (secondary N) is 1. The molecule has 1 aromatic carbocycles. The number of carbonyl (C=O) groups is 1. The largest absolute Gasteiger partial charge is 0.423 e. The summed E-state index contributed by atoms with van der Waals surface area (Å²) in [6.45, 7) is 2.73. The van der Waals surface area contributed by atoms with E-state index in [4.69, 9.17) is 10.2 Å². The van der Waals surface area contributed by atoms with Crippen LogP contribution in [-0.2, 0) is 4.79 Å². The van der Waals surface area contributed by atoms with Gasteiger partial charge in [-0.25, -0.2) is 0 Å². The summed E-state index contributed by atoms with van der Waals surface area (Å²) in [4.78, 5) is 17.4. The van der Waals surface area contributed by atoms with Crippen molar-refractivity contribution in [3.8, 4) is 0 Å². The predicted molar refractivity (Wildman–Crippen MR) is 70.2 cm³/mol. The van der Waals surface area contributed by atoms with Crippen LogP contribution in [0.2, 0.25) is 0 Å². The summed E-state index contributed by atoms with van der Waals surface area (Å²) in [5.74, 6) is -0.0206. The molecule has 96 valence electrons. The molecule has 1 aromatic heterocycles. The van der Waals surface area contributed by atoms with E-state index in [9.17, 15) is 4.79 Å². The summed E-state index contributed by atoms with van der Waals surface area (Å²) < 4.78 is 5.44. The van der Waals surface area contributed by atoms with Crippen LogP contribution in [0.1, 0.15) is 6.92 Å². The summed E-state index contributed by atoms with van der Waals surface area (Å²) in [5, 5.41) is 2.85. The number of anilines is 2. The summed E-state index contributed by atoms with van der Waals surface area (Å²) in [6, 6.07) is 5.64. The van der Waals surface area contributed by atoms with Gasteiger partial charge >= 0.3 is 0 Å². The molecule has 0 saturated carbocycles. The molecule has 6 heteroatoms. The number of nitrogens with zero attached hydrogens (tertiary/aromatic N) is 2. The zero-order valence-electron chi connectivity index (χ0n) is 10.4. The molecule has 0 aliphatic heterocycles. The maximum Gasteiger partial charge on any atom is 0.296 e. The van der Waals surface area contributed by atoms with Crippen LogP contribution < -0.4 is 11.1 Å². The van der Waals surface area contributed by atoms with Crippen molar-refractivity contribution in [1.29, 1.82) is 0 Å². The van der Waals surface area contributed by atoms with E-state index in [1.807, 2.05) is 6.92 Å². The van der Waals surface area contributed by atoms with Crippen molar-refractivity contribution >= 4 is 28.7 Å². The molecule has 0 radical (unpaired) electrons. The number of likely N-dealkylation sites (N-methyl/N-ethyl adjacent to an activating group) is 1. The average molecular weight is 248 g/mol. The Labute approximate surface area is 105 Å². The molecule has 2 aromatic rings. The fourth-order valence-corrected chi connectivity index (χ4v) is 1.51. The minimum absolute atomic E-state index is 0.0206. The van der Waals surface area contributed by atoms with E-state index < -0.39 is 0 Å². The van der Waals surface area contributed by atoms with Crippen molar-refractivity contribution in [2.75, 3.05) is 31.2 Å². The number of hydrogen-bond acceptors (Lipinski definition) is 5. The highest BCUT2D eigenvalue weighted by atomic mass is 16.4. The topological polar surface area (TPSA) is 84.4 Å². The summed E-state index contributed by atoms with van der Waals surface area (Å²) in [5.41, 5.74) is 7.54. The van der Waals surface area contributed by atoms with Crippen LogP contribution in [0.15, 0.2) is 22.6 Å². The SMILES string of the molecule is CCN(C)C(=O)CNc1nc2c(N)cccc2o1. The molecule has 0 spiro atoms. The minimum atomic E-state index is -0.0206. The molecule has 0 unspecified atom stereocenters. The number of benzene rings is 1. The molecule has 1 amide bonds. The van der Waals surface area contributed by atoms with Crippen LogP contribution in [0.5, 0.6) is 0 Å². The number of para-hydroxylation sites is 1. The summed E-state index contributed by atoms with van der Waals surface area (Å²) in [7, 11) is 1.74. The lowest BCUT2D eigenvalue weighted by Gasteiger charge is -2.13. The molecular weight excluding hydrogens is 232 g/mol. The second kappa shape index (κ2) is 4.95. The van der Waals surface area contributed by atoms with Gasteiger partial charge in [-0.05, 0) is 19.1 Å². The van der Waals surface area contributed by atoms with Crippen molar-refractivity contribution < 1.29 is 9.21 Å². The molecule has 0 bridgehead atoms. The van der Waals surface area contributed by atoms with Crippen molar-refractivity contribution in [2.24, 2.45) is 0 Å².